The fraction of sp³-hybridized carbons (Fsp3) is 0.533. The van der Waals surface area contributed by atoms with Crippen LogP contribution in [0.1, 0.15) is 31.9 Å². The third-order valence-corrected chi connectivity index (χ3v) is 4.64. The second kappa shape index (κ2) is 6.62. The lowest BCUT2D eigenvalue weighted by atomic mass is 10.0. The van der Waals surface area contributed by atoms with Crippen LogP contribution in [-0.4, -0.2) is 56.0 Å². The van der Waals surface area contributed by atoms with Gasteiger partial charge in [0.2, 0.25) is 5.95 Å². The molecule has 25 heavy (non-hydrogen) atoms. The molecule has 3 rings (SSSR count). The summed E-state index contributed by atoms with van der Waals surface area (Å²) >= 11 is 6.04. The molecule has 1 fully saturated rings. The molecule has 0 bridgehead atoms. The number of piperidine rings is 1. The molecule has 1 amide bonds. The number of hydrogen-bond donors (Lipinski definition) is 2. The summed E-state index contributed by atoms with van der Waals surface area (Å²) in [5.74, 6) is -0.521. The summed E-state index contributed by atoms with van der Waals surface area (Å²) in [6, 6.07) is -0.619. The lowest BCUT2D eigenvalue weighted by Crippen LogP contribution is -2.49. The van der Waals surface area contributed by atoms with Gasteiger partial charge in [0.1, 0.15) is 16.7 Å². The number of rotatable bonds is 3. The SMILES string of the molecule is CC(C)c1c(Cl)c(F)c2cnc(N[C@@H]3CCN(C(=O)O)C[C@H]3F)nn12. The van der Waals surface area contributed by atoms with Crippen LogP contribution in [0.2, 0.25) is 5.02 Å². The lowest BCUT2D eigenvalue weighted by Gasteiger charge is -2.33. The molecule has 0 aliphatic carbocycles. The van der Waals surface area contributed by atoms with E-state index in [9.17, 15) is 13.6 Å². The summed E-state index contributed by atoms with van der Waals surface area (Å²) in [6.45, 7) is 3.73. The molecule has 0 aromatic carbocycles. The second-order valence-corrected chi connectivity index (χ2v) is 6.71. The van der Waals surface area contributed by atoms with Gasteiger partial charge in [-0.2, -0.15) is 0 Å². The van der Waals surface area contributed by atoms with Crippen LogP contribution < -0.4 is 5.32 Å². The van der Waals surface area contributed by atoms with Crippen LogP contribution in [-0.2, 0) is 0 Å². The molecule has 1 saturated heterocycles. The molecule has 0 radical (unpaired) electrons. The highest BCUT2D eigenvalue weighted by Crippen LogP contribution is 2.31. The zero-order chi connectivity index (χ0) is 18.3. The van der Waals surface area contributed by atoms with Crippen LogP contribution >= 0.6 is 11.6 Å². The largest absolute Gasteiger partial charge is 0.465 e. The summed E-state index contributed by atoms with van der Waals surface area (Å²) in [6.07, 6.45) is -0.953. The molecule has 2 aromatic rings. The monoisotopic (exact) mass is 373 g/mol. The smallest absolute Gasteiger partial charge is 0.407 e. The van der Waals surface area contributed by atoms with Gasteiger partial charge < -0.3 is 15.3 Å². The molecule has 1 aliphatic rings. The van der Waals surface area contributed by atoms with E-state index in [4.69, 9.17) is 16.7 Å². The molecular weight excluding hydrogens is 356 g/mol. The van der Waals surface area contributed by atoms with E-state index in [1.54, 1.807) is 0 Å². The Kier molecular flexibility index (Phi) is 4.68. The summed E-state index contributed by atoms with van der Waals surface area (Å²) in [4.78, 5) is 16.0. The maximum atomic E-state index is 14.2. The fourth-order valence-electron chi connectivity index (χ4n) is 2.97. The Bertz CT molecular complexity index is 813. The number of carbonyl (C=O) groups is 1. The predicted octanol–water partition coefficient (Wildman–Crippen LogP) is 3.15. The van der Waals surface area contributed by atoms with Gasteiger partial charge in [-0.1, -0.05) is 25.4 Å². The second-order valence-electron chi connectivity index (χ2n) is 6.33. The third kappa shape index (κ3) is 3.20. The summed E-state index contributed by atoms with van der Waals surface area (Å²) in [5, 5.41) is 16.0. The number of nitrogens with zero attached hydrogens (tertiary/aromatic N) is 4. The Labute approximate surface area is 147 Å². The van der Waals surface area contributed by atoms with Crippen LogP contribution in [0.5, 0.6) is 0 Å². The number of hydrogen-bond acceptors (Lipinski definition) is 4. The number of aromatic nitrogens is 3. The molecular formula is C15H18ClF2N5O2. The zero-order valence-corrected chi connectivity index (χ0v) is 14.5. The van der Waals surface area contributed by atoms with Gasteiger partial charge in [0.05, 0.1) is 24.5 Å². The highest BCUT2D eigenvalue weighted by molar-refractivity contribution is 6.32. The molecule has 0 unspecified atom stereocenters. The van der Waals surface area contributed by atoms with Gasteiger partial charge in [0, 0.05) is 6.54 Å². The maximum Gasteiger partial charge on any atom is 0.407 e. The lowest BCUT2D eigenvalue weighted by molar-refractivity contribution is 0.101. The Morgan fingerprint density at radius 1 is 1.52 bits per heavy atom. The van der Waals surface area contributed by atoms with Gasteiger partial charge in [0.15, 0.2) is 5.82 Å². The van der Waals surface area contributed by atoms with Gasteiger partial charge >= 0.3 is 6.09 Å². The van der Waals surface area contributed by atoms with Crippen molar-refractivity contribution in [3.8, 4) is 0 Å². The molecule has 10 heteroatoms. The van der Waals surface area contributed by atoms with E-state index in [2.05, 4.69) is 15.4 Å². The fourth-order valence-corrected chi connectivity index (χ4v) is 3.37. The molecule has 1 aliphatic heterocycles. The molecule has 2 atom stereocenters. The Morgan fingerprint density at radius 2 is 2.24 bits per heavy atom. The first-order valence-electron chi connectivity index (χ1n) is 7.90. The van der Waals surface area contributed by atoms with Crippen molar-refractivity contribution in [2.24, 2.45) is 0 Å². The van der Waals surface area contributed by atoms with Crippen LogP contribution in [0.25, 0.3) is 5.52 Å². The standard InChI is InChI=1S/C15H18ClF2N5O2/c1-7(2)13-11(16)12(18)10-5-19-14(21-23(10)13)20-9-3-4-22(15(24)25)6-8(9)17/h5,7-9H,3-4,6H2,1-2H3,(H,20,21)(H,24,25)/t8-,9-/m1/s1. The number of alkyl halides is 1. The van der Waals surface area contributed by atoms with Crippen LogP contribution in [0, 0.1) is 5.82 Å². The van der Waals surface area contributed by atoms with E-state index in [1.165, 1.54) is 10.7 Å². The average Bonchev–Trinajstić information content (AvgIpc) is 2.80. The number of amides is 1. The minimum absolute atomic E-state index is 0.000385. The quantitative estimate of drug-likeness (QED) is 0.863. The molecule has 7 nitrogen and oxygen atoms in total. The van der Waals surface area contributed by atoms with Crippen molar-refractivity contribution in [1.29, 1.82) is 0 Å². The van der Waals surface area contributed by atoms with Gasteiger partial charge in [-0.3, -0.25) is 0 Å². The van der Waals surface area contributed by atoms with Gasteiger partial charge in [-0.25, -0.2) is 23.1 Å². The van der Waals surface area contributed by atoms with Crippen molar-refractivity contribution in [1.82, 2.24) is 19.5 Å². The van der Waals surface area contributed by atoms with Crippen molar-refractivity contribution in [2.75, 3.05) is 18.4 Å². The third-order valence-electron chi connectivity index (χ3n) is 4.28. The van der Waals surface area contributed by atoms with Gasteiger partial charge in [-0.15, -0.1) is 5.10 Å². The number of fused-ring (bicyclic) bond motifs is 1. The summed E-state index contributed by atoms with van der Waals surface area (Å²) in [7, 11) is 0. The molecule has 3 heterocycles. The topological polar surface area (TPSA) is 82.8 Å². The van der Waals surface area contributed by atoms with Crippen LogP contribution in [0.3, 0.4) is 0 Å². The zero-order valence-electron chi connectivity index (χ0n) is 13.7. The van der Waals surface area contributed by atoms with Crippen LogP contribution in [0.4, 0.5) is 19.5 Å². The predicted molar refractivity (Wildman–Crippen MR) is 88.6 cm³/mol. The van der Waals surface area contributed by atoms with Crippen molar-refractivity contribution in [3.63, 3.8) is 0 Å². The highest BCUT2D eigenvalue weighted by atomic mass is 35.5. The first kappa shape index (κ1) is 17.7. The van der Waals surface area contributed by atoms with Crippen molar-refractivity contribution in [2.45, 2.75) is 38.4 Å². The van der Waals surface area contributed by atoms with Gasteiger partial charge in [-0.05, 0) is 12.3 Å². The Balaban J connectivity index is 1.85. The van der Waals surface area contributed by atoms with E-state index in [-0.39, 0.29) is 41.9 Å². The maximum absolute atomic E-state index is 14.2. The molecule has 2 N–H and O–H groups in total. The summed E-state index contributed by atoms with van der Waals surface area (Å²) in [5.41, 5.74) is 0.661. The molecule has 0 spiro atoms. The van der Waals surface area contributed by atoms with E-state index in [0.29, 0.717) is 5.69 Å². The van der Waals surface area contributed by atoms with E-state index in [0.717, 1.165) is 4.90 Å². The van der Waals surface area contributed by atoms with E-state index in [1.807, 2.05) is 13.8 Å². The van der Waals surface area contributed by atoms with E-state index >= 15 is 0 Å². The molecule has 0 saturated carbocycles. The number of carboxylic acid groups (broad SMARTS) is 1. The number of halogens is 3. The van der Waals surface area contributed by atoms with Crippen molar-refractivity contribution in [3.05, 3.63) is 22.7 Å². The number of anilines is 1. The minimum atomic E-state index is -1.39. The highest BCUT2D eigenvalue weighted by Gasteiger charge is 2.32. The summed E-state index contributed by atoms with van der Waals surface area (Å²) < 4.78 is 29.8. The number of nitrogens with one attached hydrogen (secondary N) is 1. The van der Waals surface area contributed by atoms with Crippen LogP contribution in [0.15, 0.2) is 6.20 Å². The normalized spacial score (nSPS) is 21.1. The first-order chi connectivity index (χ1) is 11.8. The van der Waals surface area contributed by atoms with E-state index < -0.39 is 24.1 Å². The average molecular weight is 374 g/mol. The number of likely N-dealkylation sites (tertiary alicyclic amines) is 1. The Morgan fingerprint density at radius 3 is 2.84 bits per heavy atom. The minimum Gasteiger partial charge on any atom is -0.465 e. The van der Waals surface area contributed by atoms with Gasteiger partial charge in [0.25, 0.3) is 0 Å². The molecule has 2 aromatic heterocycles. The van der Waals surface area contributed by atoms with Crippen molar-refractivity contribution < 1.29 is 18.7 Å². The first-order valence-corrected chi connectivity index (χ1v) is 8.28. The molecule has 136 valence electrons. The van der Waals surface area contributed by atoms with Crippen molar-refractivity contribution >= 4 is 29.2 Å². The Hall–Kier alpha value is -2.16.